The van der Waals surface area contributed by atoms with Crippen molar-refractivity contribution < 1.29 is 9.50 Å². The topological polar surface area (TPSA) is 46.2 Å². The third kappa shape index (κ3) is 2.44. The van der Waals surface area contributed by atoms with E-state index in [1.807, 2.05) is 0 Å². The largest absolute Gasteiger partial charge is 0.398 e. The van der Waals surface area contributed by atoms with Crippen LogP contribution in [0.15, 0.2) is 23.1 Å². The van der Waals surface area contributed by atoms with Gasteiger partial charge in [-0.1, -0.05) is 0 Å². The first-order chi connectivity index (χ1) is 7.16. The molecule has 2 nitrogen and oxygen atoms in total. The van der Waals surface area contributed by atoms with Gasteiger partial charge in [0.15, 0.2) is 0 Å². The van der Waals surface area contributed by atoms with Gasteiger partial charge in [0.1, 0.15) is 5.82 Å². The highest BCUT2D eigenvalue weighted by Crippen LogP contribution is 2.37. The van der Waals surface area contributed by atoms with E-state index >= 15 is 0 Å². The van der Waals surface area contributed by atoms with Gasteiger partial charge in [0, 0.05) is 15.8 Å². The van der Waals surface area contributed by atoms with Crippen molar-refractivity contribution in [1.82, 2.24) is 0 Å². The summed E-state index contributed by atoms with van der Waals surface area (Å²) in [5.74, 6) is -0.279. The minimum atomic E-state index is -0.280. The number of hydrogen-bond donors (Lipinski definition) is 2. The number of rotatable bonds is 2. The smallest absolute Gasteiger partial charge is 0.124 e. The Morgan fingerprint density at radius 2 is 2.20 bits per heavy atom. The summed E-state index contributed by atoms with van der Waals surface area (Å²) in [7, 11) is 0. The summed E-state index contributed by atoms with van der Waals surface area (Å²) in [5, 5.41) is 9.82. The lowest BCUT2D eigenvalue weighted by Gasteiger charge is -2.14. The number of aliphatic hydroxyl groups excluding tert-OH is 1. The number of aliphatic hydroxyl groups is 1. The maximum absolute atomic E-state index is 13.0. The predicted molar refractivity (Wildman–Crippen MR) is 60.3 cm³/mol. The Balaban J connectivity index is 2.12. The first-order valence-corrected chi connectivity index (χ1v) is 5.94. The molecule has 0 aromatic heterocycles. The summed E-state index contributed by atoms with van der Waals surface area (Å²) < 4.78 is 13.0. The molecule has 2 rings (SSSR count). The highest BCUT2D eigenvalue weighted by Gasteiger charge is 2.26. The molecule has 0 aliphatic heterocycles. The van der Waals surface area contributed by atoms with Gasteiger partial charge in [-0.2, -0.15) is 0 Å². The van der Waals surface area contributed by atoms with Crippen LogP contribution in [0.4, 0.5) is 10.1 Å². The lowest BCUT2D eigenvalue weighted by molar-refractivity contribution is 0.188. The van der Waals surface area contributed by atoms with Crippen LogP contribution in [0.25, 0.3) is 0 Å². The number of nitrogen functional groups attached to an aromatic ring is 1. The van der Waals surface area contributed by atoms with E-state index in [1.165, 1.54) is 23.9 Å². The van der Waals surface area contributed by atoms with E-state index in [1.54, 1.807) is 6.07 Å². The van der Waals surface area contributed by atoms with Crippen molar-refractivity contribution >= 4 is 17.4 Å². The van der Waals surface area contributed by atoms with Gasteiger partial charge in [-0.05, 0) is 37.5 Å². The van der Waals surface area contributed by atoms with Gasteiger partial charge in [0.05, 0.1) is 6.10 Å². The first-order valence-electron chi connectivity index (χ1n) is 5.06. The zero-order valence-electron chi connectivity index (χ0n) is 8.32. The molecule has 1 aromatic rings. The third-order valence-electron chi connectivity index (χ3n) is 2.67. The monoisotopic (exact) mass is 227 g/mol. The fourth-order valence-electron chi connectivity index (χ4n) is 1.82. The van der Waals surface area contributed by atoms with Gasteiger partial charge in [0.25, 0.3) is 0 Å². The number of hydrogen-bond acceptors (Lipinski definition) is 3. The summed E-state index contributed by atoms with van der Waals surface area (Å²) in [4.78, 5) is 0.737. The first kappa shape index (κ1) is 10.8. The Bertz CT molecular complexity index is 358. The minimum absolute atomic E-state index is 0.161. The van der Waals surface area contributed by atoms with Gasteiger partial charge < -0.3 is 10.8 Å². The van der Waals surface area contributed by atoms with Crippen LogP contribution in [-0.2, 0) is 0 Å². The number of benzene rings is 1. The average Bonchev–Trinajstić information content (AvgIpc) is 2.58. The molecule has 3 N–H and O–H groups in total. The third-order valence-corrected chi connectivity index (χ3v) is 4.13. The molecule has 0 spiro atoms. The molecule has 1 aliphatic rings. The van der Waals surface area contributed by atoms with Crippen molar-refractivity contribution in [3.8, 4) is 0 Å². The molecule has 0 heterocycles. The maximum Gasteiger partial charge on any atom is 0.124 e. The van der Waals surface area contributed by atoms with Gasteiger partial charge in [-0.15, -0.1) is 11.8 Å². The molecule has 15 heavy (non-hydrogen) atoms. The maximum atomic E-state index is 13.0. The van der Waals surface area contributed by atoms with E-state index in [4.69, 9.17) is 5.73 Å². The number of nitrogens with two attached hydrogens (primary N) is 1. The van der Waals surface area contributed by atoms with E-state index < -0.39 is 0 Å². The molecule has 0 saturated heterocycles. The molecule has 0 bridgehead atoms. The van der Waals surface area contributed by atoms with Gasteiger partial charge in [-0.3, -0.25) is 0 Å². The molecular weight excluding hydrogens is 213 g/mol. The fourth-order valence-corrected chi connectivity index (χ4v) is 3.11. The van der Waals surface area contributed by atoms with E-state index in [0.717, 1.165) is 24.2 Å². The van der Waals surface area contributed by atoms with Crippen LogP contribution in [0.5, 0.6) is 0 Å². The Labute approximate surface area is 92.7 Å². The number of anilines is 1. The van der Waals surface area contributed by atoms with Crippen LogP contribution >= 0.6 is 11.8 Å². The number of thioether (sulfide) groups is 1. The van der Waals surface area contributed by atoms with Crippen molar-refractivity contribution in [3.05, 3.63) is 24.0 Å². The van der Waals surface area contributed by atoms with Gasteiger partial charge >= 0.3 is 0 Å². The number of halogens is 1. The summed E-state index contributed by atoms with van der Waals surface area (Å²) in [6, 6.07) is 4.36. The highest BCUT2D eigenvalue weighted by atomic mass is 32.2. The Kier molecular flexibility index (Phi) is 3.17. The molecule has 1 aliphatic carbocycles. The van der Waals surface area contributed by atoms with Crippen molar-refractivity contribution in [1.29, 1.82) is 0 Å². The molecule has 1 fully saturated rings. The van der Waals surface area contributed by atoms with Crippen molar-refractivity contribution in [2.45, 2.75) is 35.5 Å². The average molecular weight is 227 g/mol. The zero-order chi connectivity index (χ0) is 10.8. The molecular formula is C11H14FNOS. The molecule has 1 aromatic carbocycles. The molecule has 0 amide bonds. The lowest BCUT2D eigenvalue weighted by Crippen LogP contribution is -2.15. The van der Waals surface area contributed by atoms with Crippen LogP contribution in [-0.4, -0.2) is 16.5 Å². The molecule has 1 saturated carbocycles. The van der Waals surface area contributed by atoms with Gasteiger partial charge in [-0.25, -0.2) is 4.39 Å². The van der Waals surface area contributed by atoms with Crippen LogP contribution in [0, 0.1) is 5.82 Å². The van der Waals surface area contributed by atoms with E-state index in [-0.39, 0.29) is 17.2 Å². The van der Waals surface area contributed by atoms with E-state index in [0.29, 0.717) is 5.69 Å². The second-order valence-electron chi connectivity index (χ2n) is 3.84. The molecule has 82 valence electrons. The van der Waals surface area contributed by atoms with Crippen LogP contribution in [0.3, 0.4) is 0 Å². The summed E-state index contributed by atoms with van der Waals surface area (Å²) in [6.07, 6.45) is 2.57. The Morgan fingerprint density at radius 3 is 2.87 bits per heavy atom. The zero-order valence-corrected chi connectivity index (χ0v) is 9.14. The standard InChI is InChI=1S/C11H14FNOS/c12-7-4-5-8(13)11(6-7)15-10-3-1-2-9(10)14/h4-6,9-10,14H,1-3,13H2. The van der Waals surface area contributed by atoms with Gasteiger partial charge in [0.2, 0.25) is 0 Å². The Morgan fingerprint density at radius 1 is 1.40 bits per heavy atom. The molecule has 0 radical (unpaired) electrons. The molecule has 4 heteroatoms. The summed E-state index contributed by atoms with van der Waals surface area (Å²) in [5.41, 5.74) is 6.33. The van der Waals surface area contributed by atoms with Crippen LogP contribution < -0.4 is 5.73 Å². The van der Waals surface area contributed by atoms with Crippen LogP contribution in [0.1, 0.15) is 19.3 Å². The van der Waals surface area contributed by atoms with Crippen molar-refractivity contribution in [2.24, 2.45) is 0 Å². The lowest BCUT2D eigenvalue weighted by atomic mass is 10.3. The molecule has 2 atom stereocenters. The summed E-state index contributed by atoms with van der Waals surface area (Å²) in [6.45, 7) is 0. The highest BCUT2D eigenvalue weighted by molar-refractivity contribution is 8.00. The minimum Gasteiger partial charge on any atom is -0.398 e. The van der Waals surface area contributed by atoms with E-state index in [2.05, 4.69) is 0 Å². The van der Waals surface area contributed by atoms with Crippen LogP contribution in [0.2, 0.25) is 0 Å². The second-order valence-corrected chi connectivity index (χ2v) is 5.12. The van der Waals surface area contributed by atoms with Crippen molar-refractivity contribution in [2.75, 3.05) is 5.73 Å². The summed E-state index contributed by atoms with van der Waals surface area (Å²) >= 11 is 1.49. The molecule has 2 unspecified atom stereocenters. The van der Waals surface area contributed by atoms with E-state index in [9.17, 15) is 9.50 Å². The normalized spacial score (nSPS) is 25.7. The predicted octanol–water partition coefficient (Wildman–Crippen LogP) is 2.41. The Hall–Kier alpha value is -0.740. The van der Waals surface area contributed by atoms with Crippen molar-refractivity contribution in [3.63, 3.8) is 0 Å². The fraction of sp³-hybridized carbons (Fsp3) is 0.455. The SMILES string of the molecule is Nc1ccc(F)cc1SC1CCCC1O. The quantitative estimate of drug-likeness (QED) is 0.763. The second kappa shape index (κ2) is 4.41.